The van der Waals surface area contributed by atoms with Gasteiger partial charge in [-0.2, -0.15) is 0 Å². The third-order valence-corrected chi connectivity index (χ3v) is 2.82. The lowest BCUT2D eigenvalue weighted by atomic mass is 10.2. The number of rotatable bonds is 2. The van der Waals surface area contributed by atoms with E-state index in [1.165, 1.54) is 12.1 Å². The molecule has 0 unspecified atom stereocenters. The average molecular weight is 318 g/mol. The van der Waals surface area contributed by atoms with E-state index >= 15 is 0 Å². The van der Waals surface area contributed by atoms with Gasteiger partial charge in [0.1, 0.15) is 5.82 Å². The van der Waals surface area contributed by atoms with Crippen molar-refractivity contribution in [1.82, 2.24) is 4.98 Å². The van der Waals surface area contributed by atoms with E-state index in [4.69, 9.17) is 10.2 Å². The van der Waals surface area contributed by atoms with E-state index < -0.39 is 0 Å². The molecule has 0 aliphatic heterocycles. The first kappa shape index (κ1) is 10.6. The van der Waals surface area contributed by atoms with Gasteiger partial charge in [0.05, 0.1) is 12.7 Å². The number of hydrogen-bond donors (Lipinski definition) is 1. The molecule has 2 rings (SSSR count). The summed E-state index contributed by atoms with van der Waals surface area (Å²) in [6, 6.07) is 4.50. The molecule has 0 fully saturated rings. The molecule has 0 aliphatic carbocycles. The van der Waals surface area contributed by atoms with Crippen LogP contribution in [0.1, 0.15) is 5.89 Å². The summed E-state index contributed by atoms with van der Waals surface area (Å²) in [6.07, 6.45) is 1.59. The molecule has 0 atom stereocenters. The second-order valence-corrected chi connectivity index (χ2v) is 4.11. The van der Waals surface area contributed by atoms with Gasteiger partial charge in [0.15, 0.2) is 5.76 Å². The van der Waals surface area contributed by atoms with Gasteiger partial charge in [-0.25, -0.2) is 9.37 Å². The molecular weight excluding hydrogens is 310 g/mol. The Hall–Kier alpha value is -0.950. The Kier molecular flexibility index (Phi) is 3.01. The van der Waals surface area contributed by atoms with Crippen molar-refractivity contribution in [2.24, 2.45) is 5.73 Å². The van der Waals surface area contributed by atoms with Crippen LogP contribution >= 0.6 is 22.6 Å². The Labute approximate surface area is 99.6 Å². The lowest BCUT2D eigenvalue weighted by Gasteiger charge is -1.99. The van der Waals surface area contributed by atoms with Gasteiger partial charge in [-0.05, 0) is 40.8 Å². The molecule has 2 aromatic rings. The fourth-order valence-corrected chi connectivity index (χ4v) is 1.96. The maximum absolute atomic E-state index is 12.9. The zero-order valence-corrected chi connectivity index (χ0v) is 9.86. The molecule has 1 heterocycles. The number of hydrogen-bond acceptors (Lipinski definition) is 3. The molecular formula is C10H8FIN2O. The molecule has 0 aliphatic rings. The van der Waals surface area contributed by atoms with E-state index in [1.54, 1.807) is 12.3 Å². The van der Waals surface area contributed by atoms with Crippen molar-refractivity contribution in [3.8, 4) is 11.3 Å². The summed E-state index contributed by atoms with van der Waals surface area (Å²) in [6.45, 7) is 0.262. The van der Waals surface area contributed by atoms with E-state index in [1.807, 2.05) is 0 Å². The first-order valence-electron chi connectivity index (χ1n) is 4.31. The fraction of sp³-hybridized carbons (Fsp3) is 0.100. The largest absolute Gasteiger partial charge is 0.439 e. The highest BCUT2D eigenvalue weighted by atomic mass is 127. The summed E-state index contributed by atoms with van der Waals surface area (Å²) in [5.41, 5.74) is 6.21. The lowest BCUT2D eigenvalue weighted by Crippen LogP contribution is -1.94. The normalized spacial score (nSPS) is 10.6. The third-order valence-electron chi connectivity index (χ3n) is 1.92. The molecule has 0 saturated heterocycles. The van der Waals surface area contributed by atoms with Crippen LogP contribution in [-0.4, -0.2) is 4.98 Å². The van der Waals surface area contributed by atoms with Crippen LogP contribution in [0, 0.1) is 9.39 Å². The topological polar surface area (TPSA) is 52.0 Å². The molecule has 2 N–H and O–H groups in total. The van der Waals surface area contributed by atoms with E-state index in [9.17, 15) is 4.39 Å². The van der Waals surface area contributed by atoms with E-state index in [2.05, 4.69) is 27.6 Å². The van der Waals surface area contributed by atoms with Gasteiger partial charge in [-0.3, -0.25) is 0 Å². The predicted molar refractivity (Wildman–Crippen MR) is 62.5 cm³/mol. The van der Waals surface area contributed by atoms with Crippen LogP contribution in [-0.2, 0) is 6.54 Å². The summed E-state index contributed by atoms with van der Waals surface area (Å²) in [5, 5.41) is 0. The number of aromatic nitrogens is 1. The van der Waals surface area contributed by atoms with Crippen molar-refractivity contribution >= 4 is 22.6 Å². The molecule has 1 aromatic carbocycles. The molecule has 0 bridgehead atoms. The Bertz CT molecular complexity index is 484. The summed E-state index contributed by atoms with van der Waals surface area (Å²) in [7, 11) is 0. The SMILES string of the molecule is NCc1ncc(-c2ccc(F)cc2I)o1. The molecule has 1 aromatic heterocycles. The van der Waals surface area contributed by atoms with Crippen LogP contribution in [0.25, 0.3) is 11.3 Å². The summed E-state index contributed by atoms with van der Waals surface area (Å²) < 4.78 is 19.0. The molecule has 15 heavy (non-hydrogen) atoms. The Morgan fingerprint density at radius 1 is 1.47 bits per heavy atom. The van der Waals surface area contributed by atoms with Crippen LogP contribution in [0.4, 0.5) is 4.39 Å². The lowest BCUT2D eigenvalue weighted by molar-refractivity contribution is 0.509. The minimum atomic E-state index is -0.262. The Morgan fingerprint density at radius 3 is 2.87 bits per heavy atom. The van der Waals surface area contributed by atoms with Crippen molar-refractivity contribution in [3.05, 3.63) is 39.7 Å². The molecule has 0 saturated carbocycles. The highest BCUT2D eigenvalue weighted by molar-refractivity contribution is 14.1. The summed E-state index contributed by atoms with van der Waals surface area (Å²) in [5.74, 6) is 0.826. The van der Waals surface area contributed by atoms with Gasteiger partial charge in [0.25, 0.3) is 0 Å². The van der Waals surface area contributed by atoms with Gasteiger partial charge in [-0.15, -0.1) is 0 Å². The van der Waals surface area contributed by atoms with Gasteiger partial charge in [-0.1, -0.05) is 0 Å². The van der Waals surface area contributed by atoms with Gasteiger partial charge in [0, 0.05) is 9.13 Å². The van der Waals surface area contributed by atoms with Crippen molar-refractivity contribution < 1.29 is 8.81 Å². The van der Waals surface area contributed by atoms with Crippen molar-refractivity contribution in [3.63, 3.8) is 0 Å². The van der Waals surface area contributed by atoms with Crippen LogP contribution < -0.4 is 5.73 Å². The smallest absolute Gasteiger partial charge is 0.208 e. The maximum atomic E-state index is 12.9. The molecule has 0 spiro atoms. The quantitative estimate of drug-likeness (QED) is 0.866. The van der Waals surface area contributed by atoms with Gasteiger partial charge >= 0.3 is 0 Å². The number of oxazole rings is 1. The minimum Gasteiger partial charge on any atom is -0.439 e. The van der Waals surface area contributed by atoms with Crippen molar-refractivity contribution in [1.29, 1.82) is 0 Å². The van der Waals surface area contributed by atoms with Crippen molar-refractivity contribution in [2.45, 2.75) is 6.54 Å². The molecule has 0 radical (unpaired) electrons. The number of nitrogens with zero attached hydrogens (tertiary/aromatic N) is 1. The summed E-state index contributed by atoms with van der Waals surface area (Å²) >= 11 is 2.05. The average Bonchev–Trinajstić information content (AvgIpc) is 2.66. The maximum Gasteiger partial charge on any atom is 0.208 e. The highest BCUT2D eigenvalue weighted by Crippen LogP contribution is 2.26. The predicted octanol–water partition coefficient (Wildman–Crippen LogP) is 2.54. The first-order chi connectivity index (χ1) is 7.20. The fourth-order valence-electron chi connectivity index (χ4n) is 1.22. The Balaban J connectivity index is 2.44. The second-order valence-electron chi connectivity index (χ2n) is 2.95. The number of benzene rings is 1. The first-order valence-corrected chi connectivity index (χ1v) is 5.39. The van der Waals surface area contributed by atoms with Crippen LogP contribution in [0.3, 0.4) is 0 Å². The third kappa shape index (κ3) is 2.18. The van der Waals surface area contributed by atoms with E-state index in [-0.39, 0.29) is 12.4 Å². The number of nitrogens with two attached hydrogens (primary N) is 1. The highest BCUT2D eigenvalue weighted by Gasteiger charge is 2.09. The van der Waals surface area contributed by atoms with Crippen LogP contribution in [0.2, 0.25) is 0 Å². The molecule has 78 valence electrons. The Morgan fingerprint density at radius 2 is 2.27 bits per heavy atom. The van der Waals surface area contributed by atoms with E-state index in [0.29, 0.717) is 11.7 Å². The van der Waals surface area contributed by atoms with Crippen LogP contribution in [0.15, 0.2) is 28.8 Å². The monoisotopic (exact) mass is 318 g/mol. The zero-order valence-electron chi connectivity index (χ0n) is 7.71. The number of halogens is 2. The second kappa shape index (κ2) is 4.28. The summed E-state index contributed by atoms with van der Waals surface area (Å²) in [4.78, 5) is 3.99. The molecule has 0 amide bonds. The standard InChI is InChI=1S/C10H8FIN2O/c11-6-1-2-7(8(12)3-6)9-5-14-10(4-13)15-9/h1-3,5H,4,13H2. The zero-order chi connectivity index (χ0) is 10.8. The molecule has 5 heteroatoms. The molecule has 3 nitrogen and oxygen atoms in total. The van der Waals surface area contributed by atoms with Crippen molar-refractivity contribution in [2.75, 3.05) is 0 Å². The minimum absolute atomic E-state index is 0.262. The van der Waals surface area contributed by atoms with Crippen LogP contribution in [0.5, 0.6) is 0 Å². The van der Waals surface area contributed by atoms with Gasteiger partial charge in [0.2, 0.25) is 5.89 Å². The van der Waals surface area contributed by atoms with Gasteiger partial charge < -0.3 is 10.2 Å². The van der Waals surface area contributed by atoms with E-state index in [0.717, 1.165) is 9.13 Å².